The van der Waals surface area contributed by atoms with Gasteiger partial charge in [-0.3, -0.25) is 9.59 Å². The van der Waals surface area contributed by atoms with E-state index in [-0.39, 0.29) is 17.9 Å². The van der Waals surface area contributed by atoms with Crippen LogP contribution in [0.4, 0.5) is 0 Å². The zero-order valence-electron chi connectivity index (χ0n) is 12.8. The number of nitrogens with one attached hydrogen (secondary N) is 1. The Hall–Kier alpha value is -1.84. The summed E-state index contributed by atoms with van der Waals surface area (Å²) in [6.45, 7) is 0. The third-order valence-corrected chi connectivity index (χ3v) is 5.02. The van der Waals surface area contributed by atoms with Crippen LogP contribution < -0.4 is 5.32 Å². The predicted molar refractivity (Wildman–Crippen MR) is 83.9 cm³/mol. The summed E-state index contributed by atoms with van der Waals surface area (Å²) in [7, 11) is 0. The second-order valence-electron chi connectivity index (χ2n) is 6.55. The summed E-state index contributed by atoms with van der Waals surface area (Å²) in [5.41, 5.74) is 3.43. The van der Waals surface area contributed by atoms with Gasteiger partial charge in [-0.2, -0.15) is 0 Å². The van der Waals surface area contributed by atoms with Crippen LogP contribution in [0.5, 0.6) is 0 Å². The van der Waals surface area contributed by atoms with Crippen LogP contribution in [0.2, 0.25) is 0 Å². The van der Waals surface area contributed by atoms with E-state index in [1.165, 1.54) is 24.0 Å². The molecule has 0 atom stereocenters. The highest BCUT2D eigenvalue weighted by molar-refractivity contribution is 5.94. The topological polar surface area (TPSA) is 66.4 Å². The molecule has 2 aliphatic rings. The second-order valence-corrected chi connectivity index (χ2v) is 6.55. The molecule has 0 heterocycles. The van der Waals surface area contributed by atoms with Crippen molar-refractivity contribution in [3.05, 3.63) is 34.9 Å². The van der Waals surface area contributed by atoms with Gasteiger partial charge in [-0.05, 0) is 74.6 Å². The van der Waals surface area contributed by atoms with Crippen LogP contribution in [-0.2, 0) is 17.6 Å². The maximum absolute atomic E-state index is 12.4. The normalized spacial score (nSPS) is 24.4. The van der Waals surface area contributed by atoms with E-state index in [0.29, 0.717) is 12.8 Å². The highest BCUT2D eigenvalue weighted by Crippen LogP contribution is 2.25. The lowest BCUT2D eigenvalue weighted by Gasteiger charge is -2.27. The van der Waals surface area contributed by atoms with Crippen molar-refractivity contribution in [1.82, 2.24) is 5.32 Å². The van der Waals surface area contributed by atoms with Gasteiger partial charge in [0, 0.05) is 11.6 Å². The van der Waals surface area contributed by atoms with Crippen molar-refractivity contribution in [2.24, 2.45) is 5.92 Å². The van der Waals surface area contributed by atoms with Gasteiger partial charge in [0.05, 0.1) is 5.92 Å². The number of aryl methyl sites for hydroxylation is 2. The molecule has 1 aromatic rings. The molecule has 1 amide bonds. The minimum Gasteiger partial charge on any atom is -0.481 e. The number of hydrogen-bond donors (Lipinski definition) is 2. The first-order valence-electron chi connectivity index (χ1n) is 8.29. The van der Waals surface area contributed by atoms with Crippen LogP contribution in [0.1, 0.15) is 60.0 Å². The zero-order valence-corrected chi connectivity index (χ0v) is 12.8. The van der Waals surface area contributed by atoms with Gasteiger partial charge in [0.2, 0.25) is 0 Å². The van der Waals surface area contributed by atoms with Crippen molar-refractivity contribution in [1.29, 1.82) is 0 Å². The maximum atomic E-state index is 12.4. The van der Waals surface area contributed by atoms with Crippen molar-refractivity contribution < 1.29 is 14.7 Å². The Labute approximate surface area is 130 Å². The molecule has 2 N–H and O–H groups in total. The molecule has 0 unspecified atom stereocenters. The number of hydrogen-bond acceptors (Lipinski definition) is 2. The highest BCUT2D eigenvalue weighted by Gasteiger charge is 2.27. The van der Waals surface area contributed by atoms with E-state index in [0.717, 1.165) is 31.2 Å². The number of rotatable bonds is 3. The minimum absolute atomic E-state index is 0.0212. The van der Waals surface area contributed by atoms with Crippen molar-refractivity contribution >= 4 is 11.9 Å². The van der Waals surface area contributed by atoms with E-state index in [4.69, 9.17) is 5.11 Å². The number of aliphatic carboxylic acids is 1. The van der Waals surface area contributed by atoms with Gasteiger partial charge in [0.15, 0.2) is 0 Å². The third-order valence-electron chi connectivity index (χ3n) is 5.02. The Bertz CT molecular complexity index is 574. The van der Waals surface area contributed by atoms with Gasteiger partial charge < -0.3 is 10.4 Å². The lowest BCUT2D eigenvalue weighted by atomic mass is 9.86. The van der Waals surface area contributed by atoms with E-state index in [2.05, 4.69) is 11.4 Å². The summed E-state index contributed by atoms with van der Waals surface area (Å²) in [6, 6.07) is 6.15. The lowest BCUT2D eigenvalue weighted by Crippen LogP contribution is -2.38. The van der Waals surface area contributed by atoms with Gasteiger partial charge in [-0.1, -0.05) is 6.07 Å². The maximum Gasteiger partial charge on any atom is 0.306 e. The standard InChI is InChI=1S/C18H23NO3/c20-17(19-16-9-7-13(8-10-16)18(21)22)15-6-5-12-3-1-2-4-14(12)11-15/h5-6,11,13,16H,1-4,7-10H2,(H,19,20)(H,21,22). The van der Waals surface area contributed by atoms with Crippen molar-refractivity contribution in [3.63, 3.8) is 0 Å². The van der Waals surface area contributed by atoms with Gasteiger partial charge >= 0.3 is 5.97 Å². The molecule has 118 valence electrons. The number of fused-ring (bicyclic) bond motifs is 1. The molecule has 4 nitrogen and oxygen atoms in total. The van der Waals surface area contributed by atoms with Crippen LogP contribution in [-0.4, -0.2) is 23.0 Å². The van der Waals surface area contributed by atoms with Crippen LogP contribution in [0.3, 0.4) is 0 Å². The Morgan fingerprint density at radius 2 is 1.68 bits per heavy atom. The molecule has 1 fully saturated rings. The molecule has 1 aromatic carbocycles. The Morgan fingerprint density at radius 3 is 2.36 bits per heavy atom. The molecule has 0 aliphatic heterocycles. The summed E-state index contributed by atoms with van der Waals surface area (Å²) in [4.78, 5) is 23.3. The molecule has 0 bridgehead atoms. The molecule has 4 heteroatoms. The summed E-state index contributed by atoms with van der Waals surface area (Å²) in [6.07, 6.45) is 7.47. The highest BCUT2D eigenvalue weighted by atomic mass is 16.4. The van der Waals surface area contributed by atoms with Crippen LogP contribution in [0.15, 0.2) is 18.2 Å². The number of benzene rings is 1. The van der Waals surface area contributed by atoms with Gasteiger partial charge in [-0.15, -0.1) is 0 Å². The average Bonchev–Trinajstić information content (AvgIpc) is 2.55. The van der Waals surface area contributed by atoms with E-state index in [1.807, 2.05) is 12.1 Å². The fraction of sp³-hybridized carbons (Fsp3) is 0.556. The predicted octanol–water partition coefficient (Wildman–Crippen LogP) is 2.94. The largest absolute Gasteiger partial charge is 0.481 e. The minimum atomic E-state index is -0.709. The summed E-state index contributed by atoms with van der Waals surface area (Å²) < 4.78 is 0. The van der Waals surface area contributed by atoms with E-state index in [9.17, 15) is 9.59 Å². The zero-order chi connectivity index (χ0) is 15.5. The van der Waals surface area contributed by atoms with E-state index >= 15 is 0 Å². The van der Waals surface area contributed by atoms with E-state index < -0.39 is 5.97 Å². The fourth-order valence-corrected chi connectivity index (χ4v) is 3.63. The van der Waals surface area contributed by atoms with Crippen molar-refractivity contribution in [3.8, 4) is 0 Å². The Morgan fingerprint density at radius 1 is 1.00 bits per heavy atom. The summed E-state index contributed by atoms with van der Waals surface area (Å²) >= 11 is 0. The third kappa shape index (κ3) is 3.32. The Kier molecular flexibility index (Phi) is 4.46. The number of amides is 1. The molecule has 3 rings (SSSR count). The number of carboxylic acids is 1. The molecule has 0 saturated heterocycles. The SMILES string of the molecule is O=C(NC1CCC(C(=O)O)CC1)c1ccc2c(c1)CCCC2. The Balaban J connectivity index is 1.59. The summed E-state index contributed by atoms with van der Waals surface area (Å²) in [5, 5.41) is 12.1. The molecule has 0 aromatic heterocycles. The lowest BCUT2D eigenvalue weighted by molar-refractivity contribution is -0.142. The fourth-order valence-electron chi connectivity index (χ4n) is 3.63. The van der Waals surface area contributed by atoms with Crippen molar-refractivity contribution in [2.75, 3.05) is 0 Å². The van der Waals surface area contributed by atoms with Crippen LogP contribution >= 0.6 is 0 Å². The van der Waals surface area contributed by atoms with Crippen molar-refractivity contribution in [2.45, 2.75) is 57.4 Å². The number of carbonyl (C=O) groups is 2. The molecule has 0 radical (unpaired) electrons. The average molecular weight is 301 g/mol. The molecule has 0 spiro atoms. The molecule has 1 saturated carbocycles. The van der Waals surface area contributed by atoms with E-state index in [1.54, 1.807) is 0 Å². The van der Waals surface area contributed by atoms with Crippen LogP contribution in [0, 0.1) is 5.92 Å². The first kappa shape index (κ1) is 15.1. The molecular weight excluding hydrogens is 278 g/mol. The first-order chi connectivity index (χ1) is 10.6. The first-order valence-corrected chi connectivity index (χ1v) is 8.29. The van der Waals surface area contributed by atoms with Gasteiger partial charge in [0.25, 0.3) is 5.91 Å². The molecule has 2 aliphatic carbocycles. The van der Waals surface area contributed by atoms with Crippen LogP contribution in [0.25, 0.3) is 0 Å². The van der Waals surface area contributed by atoms with Gasteiger partial charge in [0.1, 0.15) is 0 Å². The quantitative estimate of drug-likeness (QED) is 0.902. The second kappa shape index (κ2) is 6.51. The molecular formula is C18H23NO3. The summed E-state index contributed by atoms with van der Waals surface area (Å²) in [5.74, 6) is -0.969. The smallest absolute Gasteiger partial charge is 0.306 e. The number of carboxylic acid groups (broad SMARTS) is 1. The number of carbonyl (C=O) groups excluding carboxylic acids is 1. The monoisotopic (exact) mass is 301 g/mol. The van der Waals surface area contributed by atoms with Gasteiger partial charge in [-0.25, -0.2) is 0 Å². The molecule has 22 heavy (non-hydrogen) atoms.